The van der Waals surface area contributed by atoms with Gasteiger partial charge in [0, 0.05) is 31.3 Å². The molecule has 212 valence electrons. The highest BCUT2D eigenvalue weighted by molar-refractivity contribution is 5.95. The molecular formula is C34H48N2O3. The zero-order valence-electron chi connectivity index (χ0n) is 25.0. The Balaban J connectivity index is 1.45. The molecule has 1 amide bonds. The summed E-state index contributed by atoms with van der Waals surface area (Å²) in [5, 5.41) is 10.8. The minimum atomic E-state index is -0.287. The Morgan fingerprint density at radius 1 is 1.05 bits per heavy atom. The molecule has 5 heteroatoms. The van der Waals surface area contributed by atoms with Crippen LogP contribution >= 0.6 is 0 Å². The molecule has 0 radical (unpaired) electrons. The number of aliphatic hydroxyl groups is 1. The highest BCUT2D eigenvalue weighted by Gasteiger charge is 2.69. The topological polar surface area (TPSA) is 62.0 Å². The summed E-state index contributed by atoms with van der Waals surface area (Å²) in [4.78, 5) is 33.2. The normalized spacial score (nSPS) is 47.0. The van der Waals surface area contributed by atoms with Crippen LogP contribution in [0.25, 0.3) is 4.85 Å². The van der Waals surface area contributed by atoms with Crippen molar-refractivity contribution < 1.29 is 14.7 Å². The van der Waals surface area contributed by atoms with Gasteiger partial charge in [0.05, 0.1) is 12.3 Å². The summed E-state index contributed by atoms with van der Waals surface area (Å²) in [6.45, 7) is 23.4. The van der Waals surface area contributed by atoms with Gasteiger partial charge in [-0.15, -0.1) is 0 Å². The van der Waals surface area contributed by atoms with Crippen molar-refractivity contribution in [2.45, 2.75) is 106 Å². The molecule has 0 aromatic carbocycles. The molecule has 0 aromatic heterocycles. The highest BCUT2D eigenvalue weighted by Crippen LogP contribution is 2.74. The molecule has 5 aliphatic carbocycles. The van der Waals surface area contributed by atoms with E-state index >= 15 is 0 Å². The monoisotopic (exact) mass is 532 g/mol. The smallest absolute Gasteiger partial charge is 0.222 e. The van der Waals surface area contributed by atoms with Crippen molar-refractivity contribution in [2.24, 2.45) is 50.7 Å². The number of nitrogens with zero attached hydrogens (tertiary/aromatic N) is 2. The second kappa shape index (κ2) is 8.46. The number of allylic oxidation sites excluding steroid dienone is 4. The molecule has 1 N–H and O–H groups in total. The van der Waals surface area contributed by atoms with E-state index in [4.69, 9.17) is 6.57 Å². The van der Waals surface area contributed by atoms with E-state index in [-0.39, 0.29) is 56.5 Å². The maximum absolute atomic E-state index is 14.6. The molecule has 6 rings (SSSR count). The first-order chi connectivity index (χ1) is 18.2. The van der Waals surface area contributed by atoms with Crippen molar-refractivity contribution >= 4 is 11.7 Å². The van der Waals surface area contributed by atoms with Gasteiger partial charge in [-0.1, -0.05) is 47.1 Å². The Morgan fingerprint density at radius 2 is 1.77 bits per heavy atom. The van der Waals surface area contributed by atoms with Gasteiger partial charge in [0.15, 0.2) is 5.78 Å². The van der Waals surface area contributed by atoms with Crippen LogP contribution in [-0.4, -0.2) is 34.8 Å². The van der Waals surface area contributed by atoms with Gasteiger partial charge < -0.3 is 10.0 Å². The zero-order chi connectivity index (χ0) is 28.2. The number of likely N-dealkylation sites (tertiary alicyclic amines) is 1. The lowest BCUT2D eigenvalue weighted by atomic mass is 9.34. The van der Waals surface area contributed by atoms with E-state index in [1.165, 1.54) is 5.57 Å². The quantitative estimate of drug-likeness (QED) is 0.375. The molecule has 5 nitrogen and oxygen atoms in total. The third-order valence-electron chi connectivity index (χ3n) is 13.6. The van der Waals surface area contributed by atoms with Crippen molar-refractivity contribution in [1.82, 2.24) is 4.90 Å². The van der Waals surface area contributed by atoms with E-state index in [0.717, 1.165) is 64.5 Å². The van der Waals surface area contributed by atoms with Crippen LogP contribution in [0.5, 0.6) is 0 Å². The summed E-state index contributed by atoms with van der Waals surface area (Å²) in [5.74, 6) is 1.31. The molecule has 0 bridgehead atoms. The largest absolute Gasteiger partial charge is 0.523 e. The van der Waals surface area contributed by atoms with Crippen LogP contribution in [0.15, 0.2) is 23.1 Å². The molecule has 1 aliphatic heterocycles. The lowest BCUT2D eigenvalue weighted by Gasteiger charge is -2.69. The lowest BCUT2D eigenvalue weighted by Crippen LogP contribution is -2.65. The zero-order valence-corrected chi connectivity index (χ0v) is 25.0. The molecule has 0 aromatic rings. The molecule has 8 atom stereocenters. The number of carbonyl (C=O) groups excluding carboxylic acids is 2. The average molecular weight is 533 g/mol. The Morgan fingerprint density at radius 3 is 2.44 bits per heavy atom. The van der Waals surface area contributed by atoms with Crippen LogP contribution in [0.1, 0.15) is 106 Å². The number of ketones is 1. The summed E-state index contributed by atoms with van der Waals surface area (Å²) in [6, 6.07) is 0. The molecule has 39 heavy (non-hydrogen) atoms. The van der Waals surface area contributed by atoms with E-state index in [1.54, 1.807) is 0 Å². The number of hydrogen-bond acceptors (Lipinski definition) is 3. The Bertz CT molecular complexity index is 1220. The fraction of sp³-hybridized carbons (Fsp3) is 0.794. The Hall–Kier alpha value is -2.09. The van der Waals surface area contributed by atoms with Gasteiger partial charge in [-0.3, -0.25) is 9.59 Å². The van der Waals surface area contributed by atoms with Crippen molar-refractivity contribution in [2.75, 3.05) is 13.1 Å². The lowest BCUT2D eigenvalue weighted by molar-refractivity contribution is -0.175. The van der Waals surface area contributed by atoms with Crippen molar-refractivity contribution in [3.8, 4) is 0 Å². The predicted molar refractivity (Wildman–Crippen MR) is 152 cm³/mol. The van der Waals surface area contributed by atoms with Gasteiger partial charge in [0.25, 0.3) is 0 Å². The van der Waals surface area contributed by atoms with E-state index in [2.05, 4.69) is 51.3 Å². The van der Waals surface area contributed by atoms with Crippen molar-refractivity contribution in [3.05, 3.63) is 34.5 Å². The van der Waals surface area contributed by atoms with Gasteiger partial charge in [0.2, 0.25) is 11.6 Å². The number of aliphatic hydroxyl groups excluding tert-OH is 1. The van der Waals surface area contributed by atoms with Crippen LogP contribution in [0.2, 0.25) is 0 Å². The molecule has 4 fully saturated rings. The summed E-state index contributed by atoms with van der Waals surface area (Å²) in [7, 11) is 0. The van der Waals surface area contributed by atoms with Crippen LogP contribution in [0.4, 0.5) is 0 Å². The number of rotatable bonds is 2. The first-order valence-corrected chi connectivity index (χ1v) is 15.6. The van der Waals surface area contributed by atoms with Crippen LogP contribution < -0.4 is 0 Å². The van der Waals surface area contributed by atoms with E-state index < -0.39 is 0 Å². The summed E-state index contributed by atoms with van der Waals surface area (Å²) in [6.07, 6.45) is 11.7. The van der Waals surface area contributed by atoms with Crippen molar-refractivity contribution in [3.63, 3.8) is 0 Å². The van der Waals surface area contributed by atoms with E-state index in [1.807, 2.05) is 6.08 Å². The van der Waals surface area contributed by atoms with E-state index in [0.29, 0.717) is 30.2 Å². The molecule has 3 saturated carbocycles. The molecular weight excluding hydrogens is 484 g/mol. The van der Waals surface area contributed by atoms with Crippen molar-refractivity contribution in [1.29, 1.82) is 0 Å². The molecule has 1 heterocycles. The van der Waals surface area contributed by atoms with Gasteiger partial charge >= 0.3 is 0 Å². The number of fused-ring (bicyclic) bond motifs is 7. The molecule has 1 saturated heterocycles. The first-order valence-electron chi connectivity index (χ1n) is 15.6. The number of amides is 1. The van der Waals surface area contributed by atoms with Gasteiger partial charge in [-0.05, 0) is 103 Å². The molecule has 6 aliphatic rings. The highest BCUT2D eigenvalue weighted by atomic mass is 16.3. The molecule has 0 unspecified atom stereocenters. The first kappa shape index (κ1) is 27.1. The third-order valence-corrected chi connectivity index (χ3v) is 13.6. The van der Waals surface area contributed by atoms with Gasteiger partial charge in [-0.25, -0.2) is 4.85 Å². The minimum Gasteiger partial charge on any atom is -0.523 e. The standard InChI is InChI=1S/C34H48N2O3/c1-21-22-10-11-32(5)26(31(22,4)19-24(35-7)29(21)39)17-25(37)28-23-18-30(2,3)12-14-34(23,15-13-33(28,32)6)20-36-16-8-9-27(36)38/h17,21-23,28,39H,8-16,18-20H2,1-6H3/t21-,22-,23-,28-,31-,32+,33+,34+/m0/s1. The van der Waals surface area contributed by atoms with Crippen LogP contribution in [0, 0.1) is 57.3 Å². The Labute approximate surface area is 235 Å². The maximum atomic E-state index is 14.6. The average Bonchev–Trinajstić information content (AvgIpc) is 3.27. The summed E-state index contributed by atoms with van der Waals surface area (Å²) >= 11 is 0. The second-order valence-corrected chi connectivity index (χ2v) is 15.9. The fourth-order valence-corrected chi connectivity index (χ4v) is 11.1. The van der Waals surface area contributed by atoms with Gasteiger partial charge in [0.1, 0.15) is 0 Å². The predicted octanol–water partition coefficient (Wildman–Crippen LogP) is 7.50. The SMILES string of the molecule is [C-]#[N+]C1=C(O)[C@@H](C)[C@@H]2CC[C@]3(C)C(=CC(=O)[C@@H]4[C@@H]5CC(C)(C)CC[C@]5(CN5CCCC5=O)CC[C@]43C)[C@@]2(C)C1. The van der Waals surface area contributed by atoms with Gasteiger partial charge in [-0.2, -0.15) is 0 Å². The number of carbonyl (C=O) groups is 2. The molecule has 0 spiro atoms. The van der Waals surface area contributed by atoms with Crippen LogP contribution in [-0.2, 0) is 9.59 Å². The Kier molecular flexibility index (Phi) is 5.88. The fourth-order valence-electron chi connectivity index (χ4n) is 11.1. The third kappa shape index (κ3) is 3.55. The van der Waals surface area contributed by atoms with E-state index in [9.17, 15) is 14.7 Å². The summed E-state index contributed by atoms with van der Waals surface area (Å²) < 4.78 is 0. The van der Waals surface area contributed by atoms with Crippen LogP contribution in [0.3, 0.4) is 0 Å². The minimum absolute atomic E-state index is 0.0253. The summed E-state index contributed by atoms with van der Waals surface area (Å²) in [5.41, 5.74) is 1.42. The number of hydrogen-bond donors (Lipinski definition) is 1. The maximum Gasteiger partial charge on any atom is 0.222 e. The second-order valence-electron chi connectivity index (χ2n) is 15.9.